The molecule has 68 valence electrons. The number of imidazole rings is 1. The highest BCUT2D eigenvalue weighted by Gasteiger charge is 2.17. The number of rotatable bonds is 2. The Morgan fingerprint density at radius 2 is 2.54 bits per heavy atom. The Hall–Kier alpha value is -1.36. The molecule has 0 amide bonds. The summed E-state index contributed by atoms with van der Waals surface area (Å²) in [4.78, 5) is 15.6. The van der Waals surface area contributed by atoms with Crippen molar-refractivity contribution in [3.63, 3.8) is 0 Å². The van der Waals surface area contributed by atoms with Gasteiger partial charge in [0.25, 0.3) is 0 Å². The van der Waals surface area contributed by atoms with Gasteiger partial charge in [-0.1, -0.05) is 0 Å². The number of thiazole rings is 1. The first-order chi connectivity index (χ1) is 6.20. The maximum Gasteiger partial charge on any atom is 0.312 e. The highest BCUT2D eigenvalue weighted by molar-refractivity contribution is 7.15. The van der Waals surface area contributed by atoms with Crippen molar-refractivity contribution in [2.45, 2.75) is 12.8 Å². The van der Waals surface area contributed by atoms with Crippen LogP contribution in [0.1, 0.15) is 18.5 Å². The van der Waals surface area contributed by atoms with Crippen LogP contribution >= 0.6 is 11.3 Å². The molecule has 5 heteroatoms. The lowest BCUT2D eigenvalue weighted by molar-refractivity contribution is -0.138. The predicted molar refractivity (Wildman–Crippen MR) is 49.1 cm³/mol. The largest absolute Gasteiger partial charge is 0.481 e. The van der Waals surface area contributed by atoms with Crippen LogP contribution in [0.25, 0.3) is 4.96 Å². The van der Waals surface area contributed by atoms with Crippen LogP contribution in [0, 0.1) is 0 Å². The fourth-order valence-electron chi connectivity index (χ4n) is 1.18. The molecule has 0 aliphatic heterocycles. The average molecular weight is 196 g/mol. The first kappa shape index (κ1) is 8.25. The van der Waals surface area contributed by atoms with Crippen LogP contribution in [0.15, 0.2) is 17.8 Å². The fraction of sp³-hybridized carbons (Fsp3) is 0.250. The van der Waals surface area contributed by atoms with Gasteiger partial charge < -0.3 is 5.11 Å². The Bertz CT molecular complexity index is 446. The second-order valence-electron chi connectivity index (χ2n) is 2.80. The van der Waals surface area contributed by atoms with Gasteiger partial charge in [-0.2, -0.15) is 0 Å². The number of fused-ring (bicyclic) bond motifs is 1. The average Bonchev–Trinajstić information content (AvgIpc) is 2.61. The van der Waals surface area contributed by atoms with Gasteiger partial charge in [0, 0.05) is 23.5 Å². The molecule has 0 saturated carbocycles. The van der Waals surface area contributed by atoms with E-state index in [0.717, 1.165) is 10.7 Å². The SMILES string of the molecule is CC(C(=O)O)c1csc2nccn12. The molecular formula is C8H8N2O2S. The number of hydrogen-bond acceptors (Lipinski definition) is 3. The van der Waals surface area contributed by atoms with E-state index in [1.165, 1.54) is 11.3 Å². The first-order valence-corrected chi connectivity index (χ1v) is 4.71. The van der Waals surface area contributed by atoms with Crippen molar-refractivity contribution >= 4 is 22.3 Å². The van der Waals surface area contributed by atoms with E-state index in [1.54, 1.807) is 19.3 Å². The summed E-state index contributed by atoms with van der Waals surface area (Å²) in [6.07, 6.45) is 3.45. The zero-order valence-electron chi connectivity index (χ0n) is 6.97. The Kier molecular flexibility index (Phi) is 1.81. The van der Waals surface area contributed by atoms with Gasteiger partial charge in [-0.3, -0.25) is 9.20 Å². The molecule has 1 unspecified atom stereocenters. The normalized spacial score (nSPS) is 13.3. The summed E-state index contributed by atoms with van der Waals surface area (Å²) < 4.78 is 1.81. The smallest absolute Gasteiger partial charge is 0.312 e. The van der Waals surface area contributed by atoms with Gasteiger partial charge in [-0.05, 0) is 6.92 Å². The van der Waals surface area contributed by atoms with E-state index < -0.39 is 11.9 Å². The second-order valence-corrected chi connectivity index (χ2v) is 3.64. The van der Waals surface area contributed by atoms with Crippen molar-refractivity contribution < 1.29 is 9.90 Å². The van der Waals surface area contributed by atoms with Crippen molar-refractivity contribution in [2.75, 3.05) is 0 Å². The summed E-state index contributed by atoms with van der Waals surface area (Å²) in [6.45, 7) is 1.67. The number of carbonyl (C=O) groups is 1. The van der Waals surface area contributed by atoms with E-state index in [2.05, 4.69) is 4.98 Å². The topological polar surface area (TPSA) is 54.6 Å². The minimum Gasteiger partial charge on any atom is -0.481 e. The zero-order valence-corrected chi connectivity index (χ0v) is 7.78. The van der Waals surface area contributed by atoms with Crippen molar-refractivity contribution in [3.8, 4) is 0 Å². The van der Waals surface area contributed by atoms with Crippen molar-refractivity contribution in [1.82, 2.24) is 9.38 Å². The third kappa shape index (κ3) is 1.21. The lowest BCUT2D eigenvalue weighted by atomic mass is 10.1. The number of nitrogens with zero attached hydrogens (tertiary/aromatic N) is 2. The van der Waals surface area contributed by atoms with Gasteiger partial charge in [0.1, 0.15) is 0 Å². The van der Waals surface area contributed by atoms with Gasteiger partial charge in [0.15, 0.2) is 4.96 Å². The molecule has 13 heavy (non-hydrogen) atoms. The molecule has 0 fully saturated rings. The molecule has 0 spiro atoms. The van der Waals surface area contributed by atoms with Crippen molar-refractivity contribution in [3.05, 3.63) is 23.5 Å². The van der Waals surface area contributed by atoms with Crippen LogP contribution in [0.3, 0.4) is 0 Å². The van der Waals surface area contributed by atoms with Gasteiger partial charge in [0.05, 0.1) is 5.92 Å². The molecule has 1 atom stereocenters. The Morgan fingerprint density at radius 3 is 3.23 bits per heavy atom. The molecule has 0 aromatic carbocycles. The molecule has 0 aliphatic rings. The second kappa shape index (κ2) is 2.85. The zero-order chi connectivity index (χ0) is 9.42. The summed E-state index contributed by atoms with van der Waals surface area (Å²) in [7, 11) is 0. The van der Waals surface area contributed by atoms with E-state index in [1.807, 2.05) is 9.78 Å². The molecule has 0 bridgehead atoms. The van der Waals surface area contributed by atoms with Crippen LogP contribution in [-0.4, -0.2) is 20.5 Å². The van der Waals surface area contributed by atoms with E-state index in [0.29, 0.717) is 0 Å². The van der Waals surface area contributed by atoms with Gasteiger partial charge in [0.2, 0.25) is 0 Å². The van der Waals surface area contributed by atoms with Gasteiger partial charge in [-0.25, -0.2) is 4.98 Å². The number of carboxylic acids is 1. The third-order valence-corrected chi connectivity index (χ3v) is 2.86. The lowest BCUT2D eigenvalue weighted by Crippen LogP contribution is -2.09. The monoisotopic (exact) mass is 196 g/mol. The van der Waals surface area contributed by atoms with Crippen molar-refractivity contribution in [2.24, 2.45) is 0 Å². The molecule has 2 heterocycles. The number of hydrogen-bond donors (Lipinski definition) is 1. The van der Waals surface area contributed by atoms with E-state index in [-0.39, 0.29) is 0 Å². The van der Waals surface area contributed by atoms with Crippen LogP contribution < -0.4 is 0 Å². The quantitative estimate of drug-likeness (QED) is 0.793. The standard InChI is InChI=1S/C8H8N2O2S/c1-5(7(11)12)6-4-13-8-9-2-3-10(6)8/h2-5H,1H3,(H,11,12). The molecule has 4 nitrogen and oxygen atoms in total. The highest BCUT2D eigenvalue weighted by Crippen LogP contribution is 2.22. The molecule has 2 aromatic rings. The molecular weight excluding hydrogens is 188 g/mol. The summed E-state index contributed by atoms with van der Waals surface area (Å²) in [6, 6.07) is 0. The van der Waals surface area contributed by atoms with Crippen LogP contribution in [0.5, 0.6) is 0 Å². The minimum absolute atomic E-state index is 0.483. The minimum atomic E-state index is -0.812. The summed E-state index contributed by atoms with van der Waals surface area (Å²) in [5.74, 6) is -1.30. The maximum atomic E-state index is 10.7. The van der Waals surface area contributed by atoms with Crippen LogP contribution in [-0.2, 0) is 4.79 Å². The highest BCUT2D eigenvalue weighted by atomic mass is 32.1. The van der Waals surface area contributed by atoms with Gasteiger partial charge in [-0.15, -0.1) is 11.3 Å². The summed E-state index contributed by atoms with van der Waals surface area (Å²) >= 11 is 1.45. The summed E-state index contributed by atoms with van der Waals surface area (Å²) in [5.41, 5.74) is 0.782. The van der Waals surface area contributed by atoms with Gasteiger partial charge >= 0.3 is 5.97 Å². The predicted octanol–water partition coefficient (Wildman–Crippen LogP) is 1.58. The van der Waals surface area contributed by atoms with Crippen LogP contribution in [0.4, 0.5) is 0 Å². The Morgan fingerprint density at radius 1 is 1.77 bits per heavy atom. The van der Waals surface area contributed by atoms with E-state index in [4.69, 9.17) is 5.11 Å². The Balaban J connectivity index is 2.54. The maximum absolute atomic E-state index is 10.7. The number of aliphatic carboxylic acids is 1. The van der Waals surface area contributed by atoms with E-state index in [9.17, 15) is 4.79 Å². The lowest BCUT2D eigenvalue weighted by Gasteiger charge is -2.03. The van der Waals surface area contributed by atoms with E-state index >= 15 is 0 Å². The molecule has 1 N–H and O–H groups in total. The first-order valence-electron chi connectivity index (χ1n) is 3.83. The molecule has 0 aliphatic carbocycles. The van der Waals surface area contributed by atoms with Crippen molar-refractivity contribution in [1.29, 1.82) is 0 Å². The number of carboxylic acid groups (broad SMARTS) is 1. The molecule has 0 saturated heterocycles. The summed E-state index contributed by atoms with van der Waals surface area (Å²) in [5, 5.41) is 10.7. The fourth-order valence-corrected chi connectivity index (χ4v) is 2.13. The number of aromatic nitrogens is 2. The molecule has 0 radical (unpaired) electrons. The Labute approximate surface area is 78.5 Å². The van der Waals surface area contributed by atoms with Crippen LogP contribution in [0.2, 0.25) is 0 Å². The molecule has 2 rings (SSSR count). The third-order valence-electron chi connectivity index (χ3n) is 1.98. The molecule has 2 aromatic heterocycles.